The summed E-state index contributed by atoms with van der Waals surface area (Å²) >= 11 is 0. The van der Waals surface area contributed by atoms with Crippen LogP contribution in [0.2, 0.25) is 0 Å². The van der Waals surface area contributed by atoms with Gasteiger partial charge in [-0.05, 0) is 42.9 Å². The predicted octanol–water partition coefficient (Wildman–Crippen LogP) is 3.00. The zero-order valence-electron chi connectivity index (χ0n) is 15.4. The van der Waals surface area contributed by atoms with Gasteiger partial charge >= 0.3 is 0 Å². The maximum atomic E-state index is 12.5. The van der Waals surface area contributed by atoms with E-state index in [9.17, 15) is 4.79 Å². The SMILES string of the molecule is CCn1ccnc1CN1C[C@](C)(Cc2ccc3c(c2)OCO3)CCC1=O. The maximum Gasteiger partial charge on any atom is 0.231 e. The molecule has 1 aromatic carbocycles. The van der Waals surface area contributed by atoms with Crippen LogP contribution in [0, 0.1) is 5.41 Å². The molecule has 0 saturated carbocycles. The Hall–Kier alpha value is -2.50. The molecule has 1 amide bonds. The number of hydrogen-bond donors (Lipinski definition) is 0. The van der Waals surface area contributed by atoms with Gasteiger partial charge in [0, 0.05) is 31.9 Å². The molecule has 2 aliphatic heterocycles. The van der Waals surface area contributed by atoms with Gasteiger partial charge < -0.3 is 18.9 Å². The topological polar surface area (TPSA) is 56.6 Å². The first-order valence-corrected chi connectivity index (χ1v) is 9.23. The highest BCUT2D eigenvalue weighted by Gasteiger charge is 2.35. The second kappa shape index (κ2) is 6.67. The van der Waals surface area contributed by atoms with E-state index in [0.29, 0.717) is 19.8 Å². The Bertz CT molecular complexity index is 816. The molecular weight excluding hydrogens is 330 g/mol. The summed E-state index contributed by atoms with van der Waals surface area (Å²) in [5, 5.41) is 0. The van der Waals surface area contributed by atoms with Gasteiger partial charge in [0.1, 0.15) is 5.82 Å². The number of rotatable bonds is 5. The Labute approximate surface area is 153 Å². The molecule has 1 saturated heterocycles. The molecule has 0 spiro atoms. The van der Waals surface area contributed by atoms with Gasteiger partial charge in [-0.15, -0.1) is 0 Å². The van der Waals surface area contributed by atoms with Crippen molar-refractivity contribution in [1.29, 1.82) is 0 Å². The van der Waals surface area contributed by atoms with Crippen LogP contribution in [-0.2, 0) is 24.3 Å². The fraction of sp³-hybridized carbons (Fsp3) is 0.500. The molecule has 1 fully saturated rings. The molecule has 4 rings (SSSR count). The lowest BCUT2D eigenvalue weighted by Gasteiger charge is -2.40. The van der Waals surface area contributed by atoms with Gasteiger partial charge in [0.05, 0.1) is 6.54 Å². The van der Waals surface area contributed by atoms with E-state index < -0.39 is 0 Å². The van der Waals surface area contributed by atoms with Gasteiger partial charge in [0.2, 0.25) is 12.7 Å². The van der Waals surface area contributed by atoms with Crippen LogP contribution in [0.15, 0.2) is 30.6 Å². The van der Waals surface area contributed by atoms with E-state index in [1.54, 1.807) is 6.20 Å². The van der Waals surface area contributed by atoms with E-state index in [4.69, 9.17) is 9.47 Å². The third kappa shape index (κ3) is 3.28. The van der Waals surface area contributed by atoms with Crippen molar-refractivity contribution in [3.63, 3.8) is 0 Å². The van der Waals surface area contributed by atoms with Gasteiger partial charge in [-0.2, -0.15) is 0 Å². The fourth-order valence-electron chi connectivity index (χ4n) is 3.98. The van der Waals surface area contributed by atoms with E-state index in [-0.39, 0.29) is 11.3 Å². The average molecular weight is 355 g/mol. The largest absolute Gasteiger partial charge is 0.454 e. The number of amides is 1. The third-order valence-corrected chi connectivity index (χ3v) is 5.41. The van der Waals surface area contributed by atoms with Crippen molar-refractivity contribution >= 4 is 5.91 Å². The highest BCUT2D eigenvalue weighted by molar-refractivity contribution is 5.77. The first-order valence-electron chi connectivity index (χ1n) is 9.23. The summed E-state index contributed by atoms with van der Waals surface area (Å²) in [6.45, 7) is 6.85. The molecule has 2 aromatic rings. The van der Waals surface area contributed by atoms with Gasteiger partial charge in [0.15, 0.2) is 11.5 Å². The van der Waals surface area contributed by atoms with Crippen LogP contribution in [0.3, 0.4) is 0 Å². The normalized spacial score (nSPS) is 22.1. The number of carbonyl (C=O) groups is 1. The van der Waals surface area contributed by atoms with Gasteiger partial charge in [-0.25, -0.2) is 4.98 Å². The zero-order valence-corrected chi connectivity index (χ0v) is 15.4. The molecule has 138 valence electrons. The average Bonchev–Trinajstić information content (AvgIpc) is 3.26. The molecule has 1 atom stereocenters. The fourth-order valence-corrected chi connectivity index (χ4v) is 3.98. The van der Waals surface area contributed by atoms with E-state index in [1.807, 2.05) is 17.2 Å². The molecule has 0 unspecified atom stereocenters. The Morgan fingerprint density at radius 1 is 1.27 bits per heavy atom. The molecule has 26 heavy (non-hydrogen) atoms. The summed E-state index contributed by atoms with van der Waals surface area (Å²) in [7, 11) is 0. The minimum Gasteiger partial charge on any atom is -0.454 e. The quantitative estimate of drug-likeness (QED) is 0.827. The summed E-state index contributed by atoms with van der Waals surface area (Å²) in [4.78, 5) is 18.9. The van der Waals surface area contributed by atoms with Crippen molar-refractivity contribution in [3.8, 4) is 11.5 Å². The van der Waals surface area contributed by atoms with E-state index in [0.717, 1.165) is 43.3 Å². The zero-order chi connectivity index (χ0) is 18.1. The lowest BCUT2D eigenvalue weighted by atomic mass is 9.76. The van der Waals surface area contributed by atoms with Gasteiger partial charge in [-0.1, -0.05) is 13.0 Å². The molecule has 6 nitrogen and oxygen atoms in total. The lowest BCUT2D eigenvalue weighted by molar-refractivity contribution is -0.138. The second-order valence-corrected chi connectivity index (χ2v) is 7.55. The Kier molecular flexibility index (Phi) is 4.34. The standard InChI is InChI=1S/C20H25N3O3/c1-3-22-9-8-21-18(22)12-23-13-20(2,7-6-19(23)24)11-15-4-5-16-17(10-15)26-14-25-16/h4-5,8-10H,3,6-7,11-14H2,1-2H3/t20-/m0/s1. The van der Waals surface area contributed by atoms with Crippen molar-refractivity contribution in [1.82, 2.24) is 14.5 Å². The molecule has 0 aliphatic carbocycles. The molecule has 3 heterocycles. The van der Waals surface area contributed by atoms with Gasteiger partial charge in [-0.3, -0.25) is 4.79 Å². The van der Waals surface area contributed by atoms with Crippen LogP contribution in [-0.4, -0.2) is 33.7 Å². The number of fused-ring (bicyclic) bond motifs is 1. The summed E-state index contributed by atoms with van der Waals surface area (Å²) in [5.74, 6) is 2.80. The van der Waals surface area contributed by atoms with E-state index in [2.05, 4.69) is 35.5 Å². The number of nitrogens with zero attached hydrogens (tertiary/aromatic N) is 3. The number of imidazole rings is 1. The Morgan fingerprint density at radius 2 is 2.12 bits per heavy atom. The molecule has 1 aromatic heterocycles. The summed E-state index contributed by atoms with van der Waals surface area (Å²) in [6, 6.07) is 6.15. The number of ether oxygens (including phenoxy) is 2. The second-order valence-electron chi connectivity index (χ2n) is 7.55. The highest BCUT2D eigenvalue weighted by Crippen LogP contribution is 2.38. The molecule has 2 aliphatic rings. The molecule has 0 bridgehead atoms. The predicted molar refractivity (Wildman–Crippen MR) is 96.9 cm³/mol. The molecule has 0 radical (unpaired) electrons. The minimum atomic E-state index is 0.0469. The lowest BCUT2D eigenvalue weighted by Crippen LogP contribution is -2.46. The van der Waals surface area contributed by atoms with E-state index >= 15 is 0 Å². The summed E-state index contributed by atoms with van der Waals surface area (Å²) in [6.07, 6.45) is 6.18. The number of aryl methyl sites for hydroxylation is 1. The number of piperidine rings is 1. The molecule has 0 N–H and O–H groups in total. The first kappa shape index (κ1) is 16.9. The van der Waals surface area contributed by atoms with Crippen LogP contribution < -0.4 is 9.47 Å². The van der Waals surface area contributed by atoms with Crippen LogP contribution in [0.25, 0.3) is 0 Å². The Balaban J connectivity index is 1.48. The van der Waals surface area contributed by atoms with Crippen LogP contribution in [0.5, 0.6) is 11.5 Å². The third-order valence-electron chi connectivity index (χ3n) is 5.41. The van der Waals surface area contributed by atoms with Gasteiger partial charge in [0.25, 0.3) is 0 Å². The van der Waals surface area contributed by atoms with Crippen LogP contribution >= 0.6 is 0 Å². The number of benzene rings is 1. The van der Waals surface area contributed by atoms with Crippen LogP contribution in [0.1, 0.15) is 38.1 Å². The Morgan fingerprint density at radius 3 is 2.96 bits per heavy atom. The minimum absolute atomic E-state index is 0.0469. The summed E-state index contributed by atoms with van der Waals surface area (Å²) in [5.41, 5.74) is 1.27. The summed E-state index contributed by atoms with van der Waals surface area (Å²) < 4.78 is 13.0. The van der Waals surface area contributed by atoms with Crippen molar-refractivity contribution in [3.05, 3.63) is 42.0 Å². The highest BCUT2D eigenvalue weighted by atomic mass is 16.7. The smallest absolute Gasteiger partial charge is 0.231 e. The number of likely N-dealkylation sites (tertiary alicyclic amines) is 1. The number of aromatic nitrogens is 2. The first-order chi connectivity index (χ1) is 12.6. The van der Waals surface area contributed by atoms with Crippen LogP contribution in [0.4, 0.5) is 0 Å². The van der Waals surface area contributed by atoms with E-state index in [1.165, 1.54) is 5.56 Å². The monoisotopic (exact) mass is 355 g/mol. The molecule has 6 heteroatoms. The van der Waals surface area contributed by atoms with Crippen molar-refractivity contribution in [2.45, 2.75) is 46.2 Å². The number of hydrogen-bond acceptors (Lipinski definition) is 4. The van der Waals surface area contributed by atoms with Crippen molar-refractivity contribution in [2.75, 3.05) is 13.3 Å². The molecular formula is C20H25N3O3. The van der Waals surface area contributed by atoms with Crippen molar-refractivity contribution < 1.29 is 14.3 Å². The maximum absolute atomic E-state index is 12.5. The van der Waals surface area contributed by atoms with Crippen molar-refractivity contribution in [2.24, 2.45) is 5.41 Å². The number of carbonyl (C=O) groups excluding carboxylic acids is 1.